The summed E-state index contributed by atoms with van der Waals surface area (Å²) in [4.78, 5) is 52.0. The molecule has 1 unspecified atom stereocenters. The highest BCUT2D eigenvalue weighted by molar-refractivity contribution is 7.84. The molecule has 1 aromatic rings. The van der Waals surface area contributed by atoms with E-state index in [1.807, 2.05) is 45.9 Å². The number of carboxylic acids is 2. The number of nitrogens with one attached hydrogen (secondary N) is 4. The zero-order valence-corrected chi connectivity index (χ0v) is 27.6. The van der Waals surface area contributed by atoms with E-state index in [9.17, 15) is 29.4 Å². The predicted molar refractivity (Wildman–Crippen MR) is 180 cm³/mol. The van der Waals surface area contributed by atoms with E-state index in [0.717, 1.165) is 39.2 Å². The van der Waals surface area contributed by atoms with Crippen molar-refractivity contribution in [3.8, 4) is 0 Å². The molecule has 3 aliphatic heterocycles. The van der Waals surface area contributed by atoms with Crippen molar-refractivity contribution in [3.05, 3.63) is 79.2 Å². The molecule has 1 fully saturated rings. The van der Waals surface area contributed by atoms with Gasteiger partial charge in [-0.1, -0.05) is 19.6 Å². The van der Waals surface area contributed by atoms with Crippen LogP contribution in [0.3, 0.4) is 0 Å². The van der Waals surface area contributed by atoms with Crippen molar-refractivity contribution in [2.45, 2.75) is 71.9 Å². The number of hydrogen-bond donors (Lipinski definition) is 8. The number of hydrogen-bond acceptors (Lipinski definition) is 7. The molecule has 4 heterocycles. The standard InChI is InChI=1S/C33H40N4O6S2/c1-15-20(6-8-29(38)39)26(34-23(15)12-25-18(4)31(19(5)45)33(43)36-25)14-27-21(7-9-30(40)41)16(2)24(35-27)13-28-22(10-11-44)17(3)32(42)37-28/h10-11,13-14,17,22-23,25,34-35,44-45H,5-9,12H2,1-4H3,(H,36,43)(H,37,42)(H,38,39)(H,40,41)/b11-10?,26-14+,28-13-/t17-,22-,23?,25-/m1/s1. The summed E-state index contributed by atoms with van der Waals surface area (Å²) in [5, 5.41) is 30.1. The summed E-state index contributed by atoms with van der Waals surface area (Å²) < 4.78 is 0. The molecule has 1 aromatic heterocycles. The number of allylic oxidation sites excluding steroid dienone is 2. The van der Waals surface area contributed by atoms with Gasteiger partial charge in [0, 0.05) is 58.4 Å². The van der Waals surface area contributed by atoms with Gasteiger partial charge in [-0.2, -0.15) is 12.6 Å². The molecule has 0 spiro atoms. The number of rotatable bonds is 12. The van der Waals surface area contributed by atoms with Gasteiger partial charge >= 0.3 is 11.9 Å². The van der Waals surface area contributed by atoms with E-state index in [1.54, 1.807) is 5.41 Å². The van der Waals surface area contributed by atoms with Crippen LogP contribution < -0.4 is 16.0 Å². The van der Waals surface area contributed by atoms with Gasteiger partial charge in [-0.15, -0.1) is 12.6 Å². The van der Waals surface area contributed by atoms with Crippen LogP contribution in [-0.4, -0.2) is 51.0 Å². The van der Waals surface area contributed by atoms with Crippen LogP contribution in [0.1, 0.15) is 69.0 Å². The Balaban J connectivity index is 1.75. The molecule has 0 radical (unpaired) electrons. The van der Waals surface area contributed by atoms with Crippen LogP contribution in [-0.2, 0) is 25.6 Å². The lowest BCUT2D eigenvalue weighted by Crippen LogP contribution is -2.36. The molecular formula is C33H40N4O6S2. The monoisotopic (exact) mass is 652 g/mol. The van der Waals surface area contributed by atoms with Gasteiger partial charge in [0.1, 0.15) is 0 Å². The molecule has 4 atom stereocenters. The van der Waals surface area contributed by atoms with E-state index in [1.165, 1.54) is 0 Å². The summed E-state index contributed by atoms with van der Waals surface area (Å²) in [5.41, 5.74) is 7.73. The Hall–Kier alpha value is -3.90. The van der Waals surface area contributed by atoms with Gasteiger partial charge in [-0.25, -0.2) is 0 Å². The van der Waals surface area contributed by atoms with E-state index < -0.39 is 11.9 Å². The quantitative estimate of drug-likeness (QED) is 0.153. The molecule has 0 bridgehead atoms. The lowest BCUT2D eigenvalue weighted by atomic mass is 9.94. The molecule has 4 rings (SSSR count). The molecule has 45 heavy (non-hydrogen) atoms. The Bertz CT molecular complexity index is 1610. The molecule has 240 valence electrons. The average molecular weight is 653 g/mol. The zero-order chi connectivity index (χ0) is 33.2. The van der Waals surface area contributed by atoms with Crippen molar-refractivity contribution in [1.82, 2.24) is 20.9 Å². The molecule has 0 aliphatic carbocycles. The maximum Gasteiger partial charge on any atom is 0.303 e. The van der Waals surface area contributed by atoms with E-state index in [4.69, 9.17) is 0 Å². The lowest BCUT2D eigenvalue weighted by molar-refractivity contribution is -0.138. The molecule has 3 aliphatic rings. The third kappa shape index (κ3) is 7.33. The lowest BCUT2D eigenvalue weighted by Gasteiger charge is -2.20. The number of carboxylic acid groups (broad SMARTS) is 2. The molecular weight excluding hydrogens is 613 g/mol. The van der Waals surface area contributed by atoms with Crippen LogP contribution in [0.5, 0.6) is 0 Å². The number of carbonyl (C=O) groups is 4. The fourth-order valence-corrected chi connectivity index (χ4v) is 6.79. The highest BCUT2D eigenvalue weighted by atomic mass is 32.1. The average Bonchev–Trinajstić information content (AvgIpc) is 3.60. The second-order valence-corrected chi connectivity index (χ2v) is 12.6. The van der Waals surface area contributed by atoms with Gasteiger partial charge in [0.2, 0.25) is 5.91 Å². The number of aromatic nitrogens is 1. The highest BCUT2D eigenvalue weighted by Gasteiger charge is 2.36. The van der Waals surface area contributed by atoms with Crippen LogP contribution in [0.4, 0.5) is 0 Å². The molecule has 0 aromatic carbocycles. The first kappa shape index (κ1) is 34.0. The SMILES string of the molecule is C=C(S)C1=C(C)[C@@H](CC2N/C(=C/c3[nH]c(/C=C4\NC(=O)[C@H](C)[C@H]4C=CS)c(C)c3CCC(=O)O)C(CCC(=O)O)=C2C)NC1=O. The Kier molecular flexibility index (Phi) is 10.6. The second kappa shape index (κ2) is 14.0. The first-order valence-corrected chi connectivity index (χ1v) is 15.8. The Morgan fingerprint density at radius 2 is 1.60 bits per heavy atom. The third-order valence-corrected chi connectivity index (χ3v) is 9.35. The molecule has 2 amide bonds. The minimum atomic E-state index is -0.924. The van der Waals surface area contributed by atoms with Crippen molar-refractivity contribution >= 4 is 61.2 Å². The van der Waals surface area contributed by atoms with E-state index >= 15 is 0 Å². The number of carbonyl (C=O) groups excluding carboxylic acids is 2. The van der Waals surface area contributed by atoms with Crippen molar-refractivity contribution in [1.29, 1.82) is 0 Å². The van der Waals surface area contributed by atoms with Gasteiger partial charge in [0.15, 0.2) is 0 Å². The Morgan fingerprint density at radius 3 is 2.20 bits per heavy atom. The van der Waals surface area contributed by atoms with Gasteiger partial charge in [-0.3, -0.25) is 19.2 Å². The van der Waals surface area contributed by atoms with Crippen molar-refractivity contribution in [3.63, 3.8) is 0 Å². The first-order valence-electron chi connectivity index (χ1n) is 14.8. The number of aliphatic carboxylic acids is 2. The fourth-order valence-electron chi connectivity index (χ4n) is 6.32. The third-order valence-electron chi connectivity index (χ3n) is 8.95. The largest absolute Gasteiger partial charge is 0.481 e. The van der Waals surface area contributed by atoms with Crippen molar-refractivity contribution in [2.24, 2.45) is 11.8 Å². The summed E-state index contributed by atoms with van der Waals surface area (Å²) in [6, 6.07) is -0.429. The van der Waals surface area contributed by atoms with Gasteiger partial charge < -0.3 is 31.1 Å². The van der Waals surface area contributed by atoms with Gasteiger partial charge in [0.05, 0.1) is 11.6 Å². The zero-order valence-electron chi connectivity index (χ0n) is 25.8. The van der Waals surface area contributed by atoms with Crippen LogP contribution in [0.15, 0.2) is 56.7 Å². The molecule has 1 saturated heterocycles. The minimum absolute atomic E-state index is 0.0635. The summed E-state index contributed by atoms with van der Waals surface area (Å²) in [6.45, 7) is 11.4. The Morgan fingerprint density at radius 1 is 0.956 bits per heavy atom. The van der Waals surface area contributed by atoms with Gasteiger partial charge in [0.25, 0.3) is 5.91 Å². The van der Waals surface area contributed by atoms with Crippen molar-refractivity contribution in [2.75, 3.05) is 0 Å². The minimum Gasteiger partial charge on any atom is -0.481 e. The molecule has 10 nitrogen and oxygen atoms in total. The summed E-state index contributed by atoms with van der Waals surface area (Å²) in [7, 11) is 0. The predicted octanol–water partition coefficient (Wildman–Crippen LogP) is 4.65. The number of thiol groups is 2. The highest BCUT2D eigenvalue weighted by Crippen LogP contribution is 2.36. The second-order valence-electron chi connectivity index (χ2n) is 11.8. The van der Waals surface area contributed by atoms with E-state index in [2.05, 4.69) is 52.8 Å². The number of H-pyrrole nitrogens is 1. The van der Waals surface area contributed by atoms with Gasteiger partial charge in [-0.05, 0) is 85.4 Å². The van der Waals surface area contributed by atoms with Crippen LogP contribution in [0.25, 0.3) is 12.2 Å². The normalized spacial score (nSPS) is 25.1. The number of aromatic amines is 1. The maximum absolute atomic E-state index is 12.6. The summed E-state index contributed by atoms with van der Waals surface area (Å²) >= 11 is 8.49. The topological polar surface area (TPSA) is 161 Å². The maximum atomic E-state index is 12.6. The summed E-state index contributed by atoms with van der Waals surface area (Å²) in [6.07, 6.45) is 6.60. The van der Waals surface area contributed by atoms with E-state index in [-0.39, 0.29) is 55.0 Å². The molecule has 12 heteroatoms. The summed E-state index contributed by atoms with van der Waals surface area (Å²) in [5.74, 6) is -2.59. The Labute approximate surface area is 273 Å². The van der Waals surface area contributed by atoms with Crippen LogP contribution >= 0.6 is 25.3 Å². The number of amides is 2. The molecule has 0 saturated carbocycles. The first-order chi connectivity index (χ1) is 21.2. The smallest absolute Gasteiger partial charge is 0.303 e. The van der Waals surface area contributed by atoms with Crippen LogP contribution in [0.2, 0.25) is 0 Å². The fraction of sp³-hybridized carbons (Fsp3) is 0.394. The van der Waals surface area contributed by atoms with E-state index in [0.29, 0.717) is 34.7 Å². The molecule has 6 N–H and O–H groups in total. The van der Waals surface area contributed by atoms with Crippen molar-refractivity contribution < 1.29 is 29.4 Å². The van der Waals surface area contributed by atoms with Crippen LogP contribution in [0, 0.1) is 18.8 Å².